The van der Waals surface area contributed by atoms with Crippen LogP contribution in [-0.2, 0) is 28.6 Å². The van der Waals surface area contributed by atoms with Crippen LogP contribution in [0.5, 0.6) is 0 Å². The highest BCUT2D eigenvalue weighted by Crippen LogP contribution is 2.77. The van der Waals surface area contributed by atoms with Crippen molar-refractivity contribution in [1.29, 1.82) is 0 Å². The molecule has 70 heavy (non-hydrogen) atoms. The predicted octanol–water partition coefficient (Wildman–Crippen LogP) is 1.52. The Labute approximate surface area is 408 Å². The molecule has 22 nitrogen and oxygen atoms in total. The molecule has 1 saturated heterocycles. The van der Waals surface area contributed by atoms with E-state index in [1.807, 2.05) is 13.8 Å². The maximum atomic E-state index is 11.5. The third kappa shape index (κ3) is 11.3. The van der Waals surface area contributed by atoms with Crippen LogP contribution < -0.4 is 0 Å². The first-order chi connectivity index (χ1) is 32.4. The molecule has 0 aromatic rings. The van der Waals surface area contributed by atoms with Crippen LogP contribution in [0.15, 0.2) is 34.7 Å². The Morgan fingerprint density at radius 3 is 1.99 bits per heavy atom. The Bertz CT molecular complexity index is 1850. The van der Waals surface area contributed by atoms with E-state index in [9.17, 15) is 71.5 Å². The molecule has 0 radical (unpaired) electrons. The van der Waals surface area contributed by atoms with Gasteiger partial charge in [-0.3, -0.25) is 5.26 Å². The quantitative estimate of drug-likeness (QED) is 0.0214. The Balaban J connectivity index is 1.32. The van der Waals surface area contributed by atoms with Gasteiger partial charge in [0.2, 0.25) is 12.6 Å². The number of fused-ring (bicyclic) bond motifs is 5. The van der Waals surface area contributed by atoms with Crippen LogP contribution in [-0.4, -0.2) is 188 Å². The van der Waals surface area contributed by atoms with Gasteiger partial charge in [-0.15, -0.1) is 0 Å². The van der Waals surface area contributed by atoms with Gasteiger partial charge in [0.05, 0.1) is 31.0 Å². The van der Waals surface area contributed by atoms with Gasteiger partial charge in [0.15, 0.2) is 29.3 Å². The minimum absolute atomic E-state index is 0.0641. The zero-order valence-electron chi connectivity index (χ0n) is 41.5. The van der Waals surface area contributed by atoms with E-state index in [1.54, 1.807) is 0 Å². The Morgan fingerprint density at radius 1 is 0.786 bits per heavy atom. The first kappa shape index (κ1) is 58.6. The average molecular weight is 1010 g/mol. The molecule has 4 fully saturated rings. The van der Waals surface area contributed by atoms with Crippen molar-refractivity contribution in [2.24, 2.45) is 45.3 Å². The second kappa shape index (κ2) is 22.3. The predicted molar refractivity (Wildman–Crippen MR) is 243 cm³/mol. The normalized spacial score (nSPS) is 37.5. The molecule has 3 saturated carbocycles. The molecule has 12 unspecified atom stereocenters. The molecule has 18 atom stereocenters. The summed E-state index contributed by atoms with van der Waals surface area (Å²) in [4.78, 5) is 3.96. The van der Waals surface area contributed by atoms with Crippen molar-refractivity contribution in [2.45, 2.75) is 192 Å². The summed E-state index contributed by atoms with van der Waals surface area (Å²) in [5.74, 6) is -6.97. The van der Waals surface area contributed by atoms with Crippen molar-refractivity contribution in [3.8, 4) is 0 Å². The summed E-state index contributed by atoms with van der Waals surface area (Å²) >= 11 is 0. The largest absolute Gasteiger partial charge is 0.506 e. The van der Waals surface area contributed by atoms with Gasteiger partial charge in [-0.1, -0.05) is 53.2 Å². The highest BCUT2D eigenvalue weighted by Gasteiger charge is 2.71. The van der Waals surface area contributed by atoms with Gasteiger partial charge in [-0.2, -0.15) is 0 Å². The third-order valence-electron chi connectivity index (χ3n) is 17.3. The van der Waals surface area contributed by atoms with Crippen molar-refractivity contribution in [1.82, 2.24) is 0 Å². The van der Waals surface area contributed by atoms with Crippen molar-refractivity contribution in [3.05, 3.63) is 34.7 Å². The van der Waals surface area contributed by atoms with E-state index in [-0.39, 0.29) is 65.8 Å². The van der Waals surface area contributed by atoms with E-state index in [0.717, 1.165) is 32.1 Å². The van der Waals surface area contributed by atoms with Crippen molar-refractivity contribution in [2.75, 3.05) is 26.4 Å². The van der Waals surface area contributed by atoms with Crippen molar-refractivity contribution >= 4 is 0 Å². The van der Waals surface area contributed by atoms with Gasteiger partial charge in [0, 0.05) is 30.8 Å². The van der Waals surface area contributed by atoms with E-state index in [4.69, 9.17) is 34.0 Å². The number of aliphatic hydroxyl groups excluding tert-OH is 12. The third-order valence-corrected chi connectivity index (χ3v) is 17.3. The summed E-state index contributed by atoms with van der Waals surface area (Å²) in [6, 6.07) is 0. The van der Waals surface area contributed by atoms with Crippen LogP contribution in [0.1, 0.15) is 113 Å². The number of ether oxygens (including phenoxy) is 5. The number of hydrogen-bond acceptors (Lipinski definition) is 22. The van der Waals surface area contributed by atoms with Gasteiger partial charge in [0.1, 0.15) is 43.2 Å². The second-order valence-electron chi connectivity index (χ2n) is 22.3. The molecule has 406 valence electrons. The van der Waals surface area contributed by atoms with E-state index >= 15 is 0 Å². The monoisotopic (exact) mass is 1010 g/mol. The minimum Gasteiger partial charge on any atom is -0.506 e. The molecule has 1 heterocycles. The van der Waals surface area contributed by atoms with Crippen LogP contribution in [0.2, 0.25) is 0 Å². The summed E-state index contributed by atoms with van der Waals surface area (Å²) in [5, 5.41) is 165. The SMILES string of the molecule is C[C@H](CCC(OC1OC(COC(O)/C(O)=C(/O)C(O)CCO)C(O)C(O)C1OC(O)(O)CO)C(C)(C)O)[C@H]1CC[C@@]2(C)C3CC=C4[C@H](C(OC(O)/C(O)=C(/O)C(O)CCOO)C4(C)C)[C@]3(C)CC[C@]12C. The fourth-order valence-electron chi connectivity index (χ4n) is 12.9. The molecule has 5 aliphatic rings. The summed E-state index contributed by atoms with van der Waals surface area (Å²) in [5.41, 5.74) is -1.48. The van der Waals surface area contributed by atoms with Gasteiger partial charge < -0.3 is 100 Å². The Morgan fingerprint density at radius 2 is 1.40 bits per heavy atom. The standard InChI is InChI=1S/C48H82O22/c1-23(9-12-30(44(4,5)61)68-42-38(70-48(62,63)22-50)35(56)34(55)28(67-42)21-65-40(59)36(57)32(53)26(51)14-19-49)24-13-16-47(8)29-11-10-25-31(45(29,6)17-18-46(24,47)7)39(43(25,2)3)69-41(60)37(58)33(54)27(52)15-20-66-64/h10,23-24,26-31,34-35,38-42,49-64H,9,11-22H2,1-8H3/b36-32-,37-33-/t23-,24-,26?,27?,28?,29?,30?,31-,34?,35?,38?,39?,40?,41?,42?,45-,46-,47+/m1/s1. The zero-order chi connectivity index (χ0) is 52.7. The maximum absolute atomic E-state index is 11.5. The smallest absolute Gasteiger partial charge is 0.303 e. The molecule has 22 heteroatoms. The number of hydrogen-bond donors (Lipinski definition) is 16. The van der Waals surface area contributed by atoms with Crippen molar-refractivity contribution in [3.63, 3.8) is 0 Å². The van der Waals surface area contributed by atoms with E-state index in [1.165, 1.54) is 19.4 Å². The Hall–Kier alpha value is -2.30. The summed E-state index contributed by atoms with van der Waals surface area (Å²) < 4.78 is 28.8. The van der Waals surface area contributed by atoms with Gasteiger partial charge >= 0.3 is 5.97 Å². The fourth-order valence-corrected chi connectivity index (χ4v) is 12.9. The van der Waals surface area contributed by atoms with Crippen LogP contribution in [0.25, 0.3) is 0 Å². The van der Waals surface area contributed by atoms with E-state index in [2.05, 4.69) is 38.7 Å². The Kier molecular flexibility index (Phi) is 18.6. The topological polar surface area (TPSA) is 379 Å². The van der Waals surface area contributed by atoms with Gasteiger partial charge in [-0.25, -0.2) is 4.89 Å². The first-order valence-corrected chi connectivity index (χ1v) is 24.3. The summed E-state index contributed by atoms with van der Waals surface area (Å²) in [6.07, 6.45) is -11.7. The molecule has 0 bridgehead atoms. The molecule has 0 aromatic heterocycles. The zero-order valence-corrected chi connectivity index (χ0v) is 41.5. The molecule has 0 spiro atoms. The minimum atomic E-state index is -3.25. The van der Waals surface area contributed by atoms with Gasteiger partial charge in [0.25, 0.3) is 0 Å². The van der Waals surface area contributed by atoms with Crippen LogP contribution >= 0.6 is 0 Å². The molecular weight excluding hydrogens is 929 g/mol. The number of rotatable bonds is 24. The lowest BCUT2D eigenvalue weighted by Crippen LogP contribution is -2.67. The molecule has 0 aromatic carbocycles. The van der Waals surface area contributed by atoms with E-state index < -0.39 is 128 Å². The highest BCUT2D eigenvalue weighted by atomic mass is 17.1. The number of allylic oxidation sites excluding steroid dienone is 1. The first-order valence-electron chi connectivity index (χ1n) is 24.3. The van der Waals surface area contributed by atoms with E-state index in [0.29, 0.717) is 6.42 Å². The number of aliphatic hydroxyl groups is 15. The molecule has 1 aliphatic heterocycles. The summed E-state index contributed by atoms with van der Waals surface area (Å²) in [6.45, 7) is 13.1. The second-order valence-corrected chi connectivity index (χ2v) is 22.3. The lowest BCUT2D eigenvalue weighted by atomic mass is 9.35. The molecule has 5 rings (SSSR count). The van der Waals surface area contributed by atoms with Crippen molar-refractivity contribution < 1.29 is 110 Å². The highest BCUT2D eigenvalue weighted by molar-refractivity contribution is 5.38. The molecule has 0 amide bonds. The molecule has 16 N–H and O–H groups in total. The van der Waals surface area contributed by atoms with Crippen LogP contribution in [0.3, 0.4) is 0 Å². The van der Waals surface area contributed by atoms with Gasteiger partial charge in [-0.05, 0) is 92.8 Å². The fraction of sp³-hybridized carbons (Fsp3) is 0.875. The lowest BCUT2D eigenvalue weighted by Gasteiger charge is -2.70. The molecular formula is C48H82O22. The lowest BCUT2D eigenvalue weighted by molar-refractivity contribution is -0.420. The van der Waals surface area contributed by atoms with Crippen LogP contribution in [0, 0.1) is 45.3 Å². The maximum Gasteiger partial charge on any atom is 0.303 e. The van der Waals surface area contributed by atoms with Crippen LogP contribution in [0.4, 0.5) is 0 Å². The summed E-state index contributed by atoms with van der Waals surface area (Å²) in [7, 11) is 0. The molecule has 4 aliphatic carbocycles. The average Bonchev–Trinajstić information content (AvgIpc) is 3.58.